The van der Waals surface area contributed by atoms with E-state index in [4.69, 9.17) is 5.73 Å². The molecule has 0 saturated carbocycles. The highest BCUT2D eigenvalue weighted by atomic mass is 79.9. The monoisotopic (exact) mass is 346 g/mol. The Bertz CT molecular complexity index is 719. The van der Waals surface area contributed by atoms with Gasteiger partial charge in [-0.1, -0.05) is 46.3 Å². The van der Waals surface area contributed by atoms with E-state index in [2.05, 4.69) is 69.4 Å². The fraction of sp³-hybridized carbons (Fsp3) is 0.125. The quantitative estimate of drug-likeness (QED) is 0.675. The summed E-state index contributed by atoms with van der Waals surface area (Å²) in [4.78, 5) is 4.82. The molecule has 0 amide bonds. The molecule has 102 valence electrons. The first-order chi connectivity index (χ1) is 9.79. The summed E-state index contributed by atoms with van der Waals surface area (Å²) in [6.07, 6.45) is 0. The van der Waals surface area contributed by atoms with Gasteiger partial charge in [0.25, 0.3) is 0 Å². The lowest BCUT2D eigenvalue weighted by atomic mass is 10.1. The van der Waals surface area contributed by atoms with Crippen LogP contribution >= 0.6 is 27.7 Å². The molecule has 3 N–H and O–H groups in total. The standard InChI is InChI=1S/C16H15BrN2S/c17-12-7-5-11(6-8-12)15-16(20-10-9-18)13-3-1-2-4-14(13)19-15/h1-8,19H,9-10,18H2. The highest BCUT2D eigenvalue weighted by Crippen LogP contribution is 2.37. The van der Waals surface area contributed by atoms with Crippen molar-refractivity contribution < 1.29 is 0 Å². The van der Waals surface area contributed by atoms with Crippen LogP contribution in [-0.4, -0.2) is 17.3 Å². The van der Waals surface area contributed by atoms with Crippen molar-refractivity contribution in [3.05, 3.63) is 53.0 Å². The highest BCUT2D eigenvalue weighted by Gasteiger charge is 2.12. The molecular weight excluding hydrogens is 332 g/mol. The van der Waals surface area contributed by atoms with Crippen LogP contribution in [0.4, 0.5) is 0 Å². The summed E-state index contributed by atoms with van der Waals surface area (Å²) in [5.41, 5.74) is 9.21. The van der Waals surface area contributed by atoms with E-state index < -0.39 is 0 Å². The molecule has 1 heterocycles. The Kier molecular flexibility index (Phi) is 4.15. The van der Waals surface area contributed by atoms with Gasteiger partial charge in [-0.05, 0) is 23.8 Å². The molecule has 0 radical (unpaired) electrons. The molecule has 2 nitrogen and oxygen atoms in total. The summed E-state index contributed by atoms with van der Waals surface area (Å²) in [6.45, 7) is 0.684. The number of rotatable bonds is 4. The van der Waals surface area contributed by atoms with Crippen molar-refractivity contribution in [2.45, 2.75) is 4.90 Å². The van der Waals surface area contributed by atoms with Gasteiger partial charge in [0.2, 0.25) is 0 Å². The summed E-state index contributed by atoms with van der Waals surface area (Å²) in [6, 6.07) is 16.8. The normalized spacial score (nSPS) is 11.1. The maximum atomic E-state index is 5.66. The van der Waals surface area contributed by atoms with Crippen molar-refractivity contribution in [1.29, 1.82) is 0 Å². The zero-order valence-electron chi connectivity index (χ0n) is 10.9. The molecule has 4 heteroatoms. The number of nitrogens with two attached hydrogens (primary N) is 1. The van der Waals surface area contributed by atoms with Crippen molar-refractivity contribution in [3.63, 3.8) is 0 Å². The molecule has 1 aromatic heterocycles. The summed E-state index contributed by atoms with van der Waals surface area (Å²) >= 11 is 5.30. The lowest BCUT2D eigenvalue weighted by molar-refractivity contribution is 1.15. The van der Waals surface area contributed by atoms with Crippen LogP contribution in [0.1, 0.15) is 0 Å². The van der Waals surface area contributed by atoms with Gasteiger partial charge in [-0.3, -0.25) is 0 Å². The third kappa shape index (κ3) is 2.64. The van der Waals surface area contributed by atoms with E-state index in [0.717, 1.165) is 10.2 Å². The van der Waals surface area contributed by atoms with Crippen LogP contribution in [-0.2, 0) is 0 Å². The van der Waals surface area contributed by atoms with Crippen LogP contribution in [0.3, 0.4) is 0 Å². The molecule has 0 saturated heterocycles. The van der Waals surface area contributed by atoms with Crippen molar-refractivity contribution in [1.82, 2.24) is 4.98 Å². The van der Waals surface area contributed by atoms with Gasteiger partial charge < -0.3 is 10.7 Å². The molecular formula is C16H15BrN2S. The van der Waals surface area contributed by atoms with E-state index >= 15 is 0 Å². The van der Waals surface area contributed by atoms with E-state index in [1.54, 1.807) is 0 Å². The molecule has 2 aromatic carbocycles. The molecule has 0 fully saturated rings. The van der Waals surface area contributed by atoms with Gasteiger partial charge in [0.05, 0.1) is 5.69 Å². The second kappa shape index (κ2) is 6.04. The summed E-state index contributed by atoms with van der Waals surface area (Å²) in [5, 5.41) is 1.27. The number of para-hydroxylation sites is 1. The molecule has 0 bridgehead atoms. The van der Waals surface area contributed by atoms with Crippen molar-refractivity contribution in [3.8, 4) is 11.3 Å². The number of aromatic amines is 1. The lowest BCUT2D eigenvalue weighted by Crippen LogP contribution is -2.00. The minimum atomic E-state index is 0.684. The summed E-state index contributed by atoms with van der Waals surface area (Å²) < 4.78 is 1.09. The molecule has 0 aliphatic heterocycles. The number of thioether (sulfide) groups is 1. The molecule has 0 aliphatic carbocycles. The average Bonchev–Trinajstić information content (AvgIpc) is 2.84. The fourth-order valence-corrected chi connectivity index (χ4v) is 3.48. The number of hydrogen-bond donors (Lipinski definition) is 2. The third-order valence-corrected chi connectivity index (χ3v) is 4.84. The lowest BCUT2D eigenvalue weighted by Gasteiger charge is -2.04. The van der Waals surface area contributed by atoms with Gasteiger partial charge in [-0.15, -0.1) is 11.8 Å². The number of nitrogens with one attached hydrogen (secondary N) is 1. The van der Waals surface area contributed by atoms with E-state index in [1.807, 2.05) is 11.8 Å². The fourth-order valence-electron chi connectivity index (χ4n) is 2.25. The van der Waals surface area contributed by atoms with Crippen molar-refractivity contribution in [2.75, 3.05) is 12.3 Å². The first kappa shape index (κ1) is 13.7. The van der Waals surface area contributed by atoms with E-state index in [0.29, 0.717) is 6.54 Å². The van der Waals surface area contributed by atoms with Crippen LogP contribution in [0.5, 0.6) is 0 Å². The van der Waals surface area contributed by atoms with E-state index in [-0.39, 0.29) is 0 Å². The van der Waals surface area contributed by atoms with Gasteiger partial charge in [0.15, 0.2) is 0 Å². The first-order valence-electron chi connectivity index (χ1n) is 6.49. The van der Waals surface area contributed by atoms with Crippen LogP contribution in [0.2, 0.25) is 0 Å². The Hall–Kier alpha value is -1.23. The second-order valence-electron chi connectivity index (χ2n) is 4.52. The van der Waals surface area contributed by atoms with Gasteiger partial charge in [0, 0.05) is 32.6 Å². The Labute approximate surface area is 130 Å². The van der Waals surface area contributed by atoms with Crippen LogP contribution in [0, 0.1) is 0 Å². The Morgan fingerprint density at radius 1 is 1.05 bits per heavy atom. The summed E-state index contributed by atoms with van der Waals surface area (Å²) in [5.74, 6) is 0.922. The second-order valence-corrected chi connectivity index (χ2v) is 6.54. The Balaban J connectivity index is 2.15. The number of hydrogen-bond acceptors (Lipinski definition) is 2. The van der Waals surface area contributed by atoms with Gasteiger partial charge >= 0.3 is 0 Å². The van der Waals surface area contributed by atoms with E-state index in [1.165, 1.54) is 27.1 Å². The molecule has 20 heavy (non-hydrogen) atoms. The Morgan fingerprint density at radius 2 is 1.80 bits per heavy atom. The van der Waals surface area contributed by atoms with Gasteiger partial charge in [-0.2, -0.15) is 0 Å². The number of fused-ring (bicyclic) bond motifs is 1. The molecule has 3 rings (SSSR count). The highest BCUT2D eigenvalue weighted by molar-refractivity contribution is 9.10. The third-order valence-electron chi connectivity index (χ3n) is 3.16. The van der Waals surface area contributed by atoms with E-state index in [9.17, 15) is 0 Å². The molecule has 3 aromatic rings. The summed E-state index contributed by atoms with van der Waals surface area (Å²) in [7, 11) is 0. The number of H-pyrrole nitrogens is 1. The predicted octanol–water partition coefficient (Wildman–Crippen LogP) is 4.65. The largest absolute Gasteiger partial charge is 0.354 e. The molecule has 0 spiro atoms. The molecule has 0 aliphatic rings. The van der Waals surface area contributed by atoms with Crippen molar-refractivity contribution in [2.24, 2.45) is 5.73 Å². The zero-order chi connectivity index (χ0) is 13.9. The van der Waals surface area contributed by atoms with Gasteiger partial charge in [-0.25, -0.2) is 0 Å². The average molecular weight is 347 g/mol. The first-order valence-corrected chi connectivity index (χ1v) is 8.27. The minimum absolute atomic E-state index is 0.684. The van der Waals surface area contributed by atoms with Crippen LogP contribution in [0.15, 0.2) is 57.9 Å². The molecule has 0 atom stereocenters. The van der Waals surface area contributed by atoms with Crippen LogP contribution < -0.4 is 5.73 Å². The predicted molar refractivity (Wildman–Crippen MR) is 91.2 cm³/mol. The maximum absolute atomic E-state index is 5.66. The topological polar surface area (TPSA) is 41.8 Å². The SMILES string of the molecule is NCCSc1c(-c2ccc(Br)cc2)[nH]c2ccccc12. The van der Waals surface area contributed by atoms with Crippen molar-refractivity contribution >= 4 is 38.6 Å². The minimum Gasteiger partial charge on any atom is -0.354 e. The van der Waals surface area contributed by atoms with Crippen LogP contribution in [0.25, 0.3) is 22.2 Å². The van der Waals surface area contributed by atoms with Gasteiger partial charge in [0.1, 0.15) is 0 Å². The molecule has 0 unspecified atom stereocenters. The smallest absolute Gasteiger partial charge is 0.0603 e. The number of aromatic nitrogens is 1. The number of benzene rings is 2. The Morgan fingerprint density at radius 3 is 2.55 bits per heavy atom. The maximum Gasteiger partial charge on any atom is 0.0603 e. The zero-order valence-corrected chi connectivity index (χ0v) is 13.3. The number of halogens is 1.